The molecule has 2 saturated heterocycles. The predicted octanol–water partition coefficient (Wildman–Crippen LogP) is 13.4. The zero-order valence-corrected chi connectivity index (χ0v) is 49.3. The second-order valence-electron chi connectivity index (χ2n) is 23.7. The molecule has 2 aliphatic heterocycles. The molecule has 6 heterocycles. The zero-order valence-electron chi connectivity index (χ0n) is 47.7. The molecule has 2 fully saturated rings. The number of fused-ring (bicyclic) bond motifs is 4. The summed E-state index contributed by atoms with van der Waals surface area (Å²) < 4.78 is 100. The third kappa shape index (κ3) is 12.2. The lowest BCUT2D eigenvalue weighted by Gasteiger charge is -2.33. The highest BCUT2D eigenvalue weighted by molar-refractivity contribution is 7.90. The van der Waals surface area contributed by atoms with Gasteiger partial charge in [0.15, 0.2) is 0 Å². The van der Waals surface area contributed by atoms with Gasteiger partial charge in [0.2, 0.25) is 0 Å². The largest absolute Gasteiger partial charge is 0.444 e. The minimum absolute atomic E-state index is 0.129. The van der Waals surface area contributed by atoms with Crippen LogP contribution in [0.3, 0.4) is 0 Å². The van der Waals surface area contributed by atoms with Gasteiger partial charge in [-0.25, -0.2) is 43.2 Å². The van der Waals surface area contributed by atoms with Crippen LogP contribution >= 0.6 is 0 Å². The number of amides is 2. The molecule has 6 aromatic carbocycles. The summed E-state index contributed by atoms with van der Waals surface area (Å²) in [6, 6.07) is 36.5. The first kappa shape index (κ1) is 57.5. The van der Waals surface area contributed by atoms with Gasteiger partial charge in [-0.15, -0.1) is 0 Å². The van der Waals surface area contributed by atoms with E-state index in [9.17, 15) is 35.2 Å². The lowest BCUT2D eigenvalue weighted by molar-refractivity contribution is 0.0167. The van der Waals surface area contributed by atoms with Gasteiger partial charge >= 0.3 is 12.2 Å². The minimum Gasteiger partial charge on any atom is -0.444 e. The molecule has 4 aromatic heterocycles. The Hall–Kier alpha value is -8.36. The van der Waals surface area contributed by atoms with Gasteiger partial charge in [0.1, 0.15) is 22.8 Å². The summed E-state index contributed by atoms with van der Waals surface area (Å²) >= 11 is 0. The number of carbonyl (C=O) groups excluding carboxylic acids is 2. The quantitative estimate of drug-likeness (QED) is 0.128. The Balaban J connectivity index is 0.000000175. The van der Waals surface area contributed by atoms with E-state index in [2.05, 4.69) is 5.10 Å². The molecule has 0 unspecified atom stereocenters. The summed E-state index contributed by atoms with van der Waals surface area (Å²) in [4.78, 5) is 28.7. The van der Waals surface area contributed by atoms with Crippen molar-refractivity contribution in [2.45, 2.75) is 101 Å². The number of benzene rings is 6. The molecule has 0 aliphatic carbocycles. The first-order chi connectivity index (χ1) is 40.0. The monoisotopic (exact) mass is 1180 g/mol. The maximum Gasteiger partial charge on any atom is 0.410 e. The van der Waals surface area contributed by atoms with Crippen LogP contribution in [-0.2, 0) is 42.6 Å². The highest BCUT2D eigenvalue weighted by Crippen LogP contribution is 2.38. The first-order valence-electron chi connectivity index (χ1n) is 28.1. The molecule has 436 valence electrons. The number of nitrogens with zero attached hydrogens (tertiary/aromatic N) is 8. The molecule has 0 radical (unpaired) electrons. The Kier molecular flexibility index (Phi) is 15.5. The van der Waals surface area contributed by atoms with Gasteiger partial charge in [-0.1, -0.05) is 60.7 Å². The van der Waals surface area contributed by atoms with Gasteiger partial charge in [0, 0.05) is 90.5 Å². The van der Waals surface area contributed by atoms with Crippen molar-refractivity contribution in [3.63, 3.8) is 0 Å². The predicted molar refractivity (Wildman–Crippen MR) is 320 cm³/mol. The van der Waals surface area contributed by atoms with Gasteiger partial charge in [-0.2, -0.15) is 10.2 Å². The van der Waals surface area contributed by atoms with Crippen LogP contribution in [0, 0.1) is 23.5 Å². The second kappa shape index (κ2) is 22.7. The molecule has 0 bridgehead atoms. The van der Waals surface area contributed by atoms with Crippen LogP contribution in [0.4, 0.5) is 18.4 Å². The van der Waals surface area contributed by atoms with Crippen molar-refractivity contribution in [2.24, 2.45) is 11.8 Å². The summed E-state index contributed by atoms with van der Waals surface area (Å²) in [6.45, 7) is 15.2. The van der Waals surface area contributed by atoms with Gasteiger partial charge < -0.3 is 19.3 Å². The van der Waals surface area contributed by atoms with Crippen molar-refractivity contribution < 1.29 is 44.7 Å². The molecule has 0 spiro atoms. The molecule has 84 heavy (non-hydrogen) atoms. The highest BCUT2D eigenvalue weighted by atomic mass is 32.2. The first-order valence-corrected chi connectivity index (χ1v) is 31.0. The van der Waals surface area contributed by atoms with E-state index in [1.807, 2.05) is 99.7 Å². The fourth-order valence-corrected chi connectivity index (χ4v) is 13.8. The highest BCUT2D eigenvalue weighted by Gasteiger charge is 2.30. The van der Waals surface area contributed by atoms with Crippen LogP contribution in [0.25, 0.3) is 65.9 Å². The maximum atomic E-state index is 14.4. The zero-order chi connectivity index (χ0) is 59.3. The fraction of sp³-hybridized carbons (Fsp3) is 0.312. The molecule has 12 rings (SSSR count). The summed E-state index contributed by atoms with van der Waals surface area (Å²) in [5.41, 5.74) is 4.19. The smallest absolute Gasteiger partial charge is 0.410 e. The minimum atomic E-state index is -3.95. The number of carbonyl (C=O) groups is 2. The van der Waals surface area contributed by atoms with Crippen molar-refractivity contribution in [3.05, 3.63) is 170 Å². The van der Waals surface area contributed by atoms with Crippen molar-refractivity contribution in [1.29, 1.82) is 0 Å². The fourth-order valence-electron chi connectivity index (χ4n) is 11.1. The topological polar surface area (TPSA) is 173 Å². The van der Waals surface area contributed by atoms with Gasteiger partial charge in [0.25, 0.3) is 20.0 Å². The summed E-state index contributed by atoms with van der Waals surface area (Å²) in [5.74, 6) is -0.296. The van der Waals surface area contributed by atoms with E-state index in [-0.39, 0.29) is 33.0 Å². The molecular weight excluding hydrogens is 1110 g/mol. The SMILES string of the molecule is CC(C)(C)OC(=O)N1CCC(Cn2cc3ccc(-c4cn(S(=O)(=O)c5ccccc5)c5cc(F)ccc45)cc3n2)CC1.CC(C)(C)OC(=O)N1CCC(Cn2ncc3ccc(-c4cn(S(=O)(=O)c5ccccc5)c5cc(F)ccc45)cc32)CC1. The number of piperidine rings is 2. The van der Waals surface area contributed by atoms with E-state index >= 15 is 0 Å². The Labute approximate surface area is 486 Å². The average molecular weight is 1180 g/mol. The molecule has 0 atom stereocenters. The maximum absolute atomic E-state index is 14.4. The summed E-state index contributed by atoms with van der Waals surface area (Å²) in [6.07, 6.45) is 9.85. The van der Waals surface area contributed by atoms with Crippen molar-refractivity contribution in [2.75, 3.05) is 26.2 Å². The molecular formula is C64H66F2N8O8S2. The third-order valence-corrected chi connectivity index (χ3v) is 18.7. The lowest BCUT2D eigenvalue weighted by atomic mass is 9.97. The third-order valence-electron chi connectivity index (χ3n) is 15.3. The summed E-state index contributed by atoms with van der Waals surface area (Å²) in [7, 11) is -7.90. The van der Waals surface area contributed by atoms with E-state index < -0.39 is 42.9 Å². The van der Waals surface area contributed by atoms with Crippen LogP contribution in [0.15, 0.2) is 168 Å². The van der Waals surface area contributed by atoms with Crippen LogP contribution in [-0.4, -0.2) is 104 Å². The van der Waals surface area contributed by atoms with Gasteiger partial charge in [-0.3, -0.25) is 9.36 Å². The van der Waals surface area contributed by atoms with Crippen LogP contribution in [0.5, 0.6) is 0 Å². The van der Waals surface area contributed by atoms with Gasteiger partial charge in [-0.05, 0) is 163 Å². The van der Waals surface area contributed by atoms with E-state index in [4.69, 9.17) is 14.6 Å². The van der Waals surface area contributed by atoms with E-state index in [0.29, 0.717) is 66.5 Å². The van der Waals surface area contributed by atoms with Crippen LogP contribution in [0.1, 0.15) is 67.2 Å². The Bertz CT molecular complexity index is 4310. The number of likely N-dealkylation sites (tertiary alicyclic amines) is 2. The van der Waals surface area contributed by atoms with Crippen LogP contribution in [0.2, 0.25) is 0 Å². The normalized spacial score (nSPS) is 15.0. The Morgan fingerprint density at radius 1 is 0.536 bits per heavy atom. The van der Waals surface area contributed by atoms with E-state index in [0.717, 1.165) is 73.1 Å². The number of ether oxygens (including phenoxy) is 2. The molecule has 0 N–H and O–H groups in total. The molecule has 10 aromatic rings. The number of hydrogen-bond acceptors (Lipinski definition) is 10. The summed E-state index contributed by atoms with van der Waals surface area (Å²) in [5, 5.41) is 12.7. The van der Waals surface area contributed by atoms with Gasteiger partial charge in [0.05, 0.1) is 38.1 Å². The van der Waals surface area contributed by atoms with E-state index in [1.165, 1.54) is 48.5 Å². The standard InChI is InChI=1S/2C32H33FN4O4S/c1-32(2,3)41-31(38)35-15-13-22(14-16-35)20-36-29-17-23(9-10-24(29)19-34-36)28-21-37(30-18-25(33)11-12-27(28)30)42(39,40)26-7-5-4-6-8-26;1-32(2,3)41-31(38)35-15-13-22(14-16-35)19-36-20-24-10-9-23(17-29(24)34-36)28-21-37(30-18-25(33)11-12-27(28)30)42(39,40)26-7-5-4-6-8-26/h4-12,17-19,21-22H,13-16,20H2,1-3H3;4-12,17-18,20-22H,13-16,19H2,1-3H3. The number of aromatic nitrogens is 6. The van der Waals surface area contributed by atoms with Crippen molar-refractivity contribution in [3.8, 4) is 22.3 Å². The lowest BCUT2D eigenvalue weighted by Crippen LogP contribution is -2.42. The molecule has 2 amide bonds. The Morgan fingerprint density at radius 2 is 0.988 bits per heavy atom. The Morgan fingerprint density at radius 3 is 1.46 bits per heavy atom. The van der Waals surface area contributed by atoms with Crippen molar-refractivity contribution >= 4 is 75.8 Å². The van der Waals surface area contributed by atoms with Crippen molar-refractivity contribution in [1.82, 2.24) is 37.3 Å². The number of hydrogen-bond donors (Lipinski definition) is 0. The second-order valence-corrected chi connectivity index (χ2v) is 27.3. The average Bonchev–Trinajstić information content (AvgIpc) is 3.44. The molecule has 16 nitrogen and oxygen atoms in total. The molecule has 0 saturated carbocycles. The number of rotatable bonds is 10. The number of halogens is 2. The molecule has 2 aliphatic rings. The van der Waals surface area contributed by atoms with Crippen LogP contribution < -0.4 is 0 Å². The van der Waals surface area contributed by atoms with E-state index in [1.54, 1.807) is 70.7 Å². The molecule has 20 heteroatoms.